The number of amides is 3. The number of ether oxygens (including phenoxy) is 2. The lowest BCUT2D eigenvalue weighted by Crippen LogP contribution is -2.54. The van der Waals surface area contributed by atoms with E-state index < -0.39 is 29.7 Å². The Hall–Kier alpha value is -4.89. The van der Waals surface area contributed by atoms with Gasteiger partial charge >= 0.3 is 6.09 Å². The molecule has 4 aromatic rings. The van der Waals surface area contributed by atoms with Gasteiger partial charge in [0, 0.05) is 31.7 Å². The van der Waals surface area contributed by atoms with Crippen molar-refractivity contribution in [3.63, 3.8) is 0 Å². The SMILES string of the molecule is CCOc1cc2c(cc1C(=O)NC[C@@H](O)[C@@H]1Cc3ccccc3CN1C(=O)OC(C)(C)C)CN(Cc1ccc3ccccc3c1)C2=O. The van der Waals surface area contributed by atoms with E-state index in [1.807, 2.05) is 49.4 Å². The average molecular weight is 636 g/mol. The number of aliphatic hydroxyl groups is 1. The zero-order valence-electron chi connectivity index (χ0n) is 27.3. The van der Waals surface area contributed by atoms with E-state index >= 15 is 0 Å². The van der Waals surface area contributed by atoms with Gasteiger partial charge in [0.1, 0.15) is 11.4 Å². The predicted molar refractivity (Wildman–Crippen MR) is 179 cm³/mol. The van der Waals surface area contributed by atoms with Crippen molar-refractivity contribution in [1.29, 1.82) is 0 Å². The Morgan fingerprint density at radius 1 is 0.936 bits per heavy atom. The monoisotopic (exact) mass is 635 g/mol. The first-order chi connectivity index (χ1) is 22.5. The highest BCUT2D eigenvalue weighted by atomic mass is 16.6. The first-order valence-corrected chi connectivity index (χ1v) is 16.1. The van der Waals surface area contributed by atoms with Crippen molar-refractivity contribution in [3.8, 4) is 5.75 Å². The van der Waals surface area contributed by atoms with Crippen LogP contribution in [-0.2, 0) is 30.8 Å². The minimum atomic E-state index is -1.07. The van der Waals surface area contributed by atoms with Crippen molar-refractivity contribution in [2.45, 2.75) is 71.5 Å². The van der Waals surface area contributed by atoms with Gasteiger partial charge in [-0.2, -0.15) is 0 Å². The van der Waals surface area contributed by atoms with Crippen molar-refractivity contribution in [3.05, 3.63) is 112 Å². The lowest BCUT2D eigenvalue weighted by molar-refractivity contribution is -0.0113. The highest BCUT2D eigenvalue weighted by molar-refractivity contribution is 6.03. The van der Waals surface area contributed by atoms with Gasteiger partial charge in [-0.1, -0.05) is 60.7 Å². The summed E-state index contributed by atoms with van der Waals surface area (Å²) in [5.74, 6) is -0.242. The largest absolute Gasteiger partial charge is 0.493 e. The van der Waals surface area contributed by atoms with Crippen molar-refractivity contribution >= 4 is 28.7 Å². The van der Waals surface area contributed by atoms with Crippen molar-refractivity contribution in [2.24, 2.45) is 0 Å². The van der Waals surface area contributed by atoms with Gasteiger partial charge in [-0.05, 0) is 85.3 Å². The number of aliphatic hydroxyl groups excluding tert-OH is 1. The summed E-state index contributed by atoms with van der Waals surface area (Å²) in [6.07, 6.45) is -1.16. The number of fused-ring (bicyclic) bond motifs is 3. The van der Waals surface area contributed by atoms with E-state index in [1.165, 1.54) is 0 Å². The maximum Gasteiger partial charge on any atom is 0.410 e. The summed E-state index contributed by atoms with van der Waals surface area (Å²) >= 11 is 0. The Bertz CT molecular complexity index is 1830. The summed E-state index contributed by atoms with van der Waals surface area (Å²) in [4.78, 5) is 43.6. The first-order valence-electron chi connectivity index (χ1n) is 16.1. The second kappa shape index (κ2) is 13.1. The molecule has 2 atom stereocenters. The molecule has 0 fully saturated rings. The van der Waals surface area contributed by atoms with E-state index in [4.69, 9.17) is 9.47 Å². The van der Waals surface area contributed by atoms with E-state index in [9.17, 15) is 19.5 Å². The fourth-order valence-electron chi connectivity index (χ4n) is 6.38. The topological polar surface area (TPSA) is 108 Å². The van der Waals surface area contributed by atoms with E-state index in [2.05, 4.69) is 29.6 Å². The Balaban J connectivity index is 1.17. The smallest absolute Gasteiger partial charge is 0.410 e. The van der Waals surface area contributed by atoms with Gasteiger partial charge in [0.15, 0.2) is 0 Å². The van der Waals surface area contributed by atoms with Gasteiger partial charge in [-0.15, -0.1) is 0 Å². The van der Waals surface area contributed by atoms with Crippen molar-refractivity contribution < 1.29 is 29.0 Å². The molecular formula is C38H41N3O6. The molecule has 4 aromatic carbocycles. The van der Waals surface area contributed by atoms with Crippen LogP contribution in [0.4, 0.5) is 4.79 Å². The Labute approximate surface area is 275 Å². The number of benzene rings is 4. The predicted octanol–water partition coefficient (Wildman–Crippen LogP) is 5.85. The van der Waals surface area contributed by atoms with Crippen LogP contribution < -0.4 is 10.1 Å². The van der Waals surface area contributed by atoms with E-state index in [0.29, 0.717) is 44.0 Å². The third-order valence-electron chi connectivity index (χ3n) is 8.65. The van der Waals surface area contributed by atoms with Crippen LogP contribution in [0.1, 0.15) is 70.7 Å². The molecule has 6 rings (SSSR count). The molecule has 3 amide bonds. The maximum atomic E-state index is 13.6. The lowest BCUT2D eigenvalue weighted by atomic mass is 9.91. The minimum Gasteiger partial charge on any atom is -0.493 e. The number of hydrogen-bond donors (Lipinski definition) is 2. The molecular weight excluding hydrogens is 594 g/mol. The molecule has 0 aliphatic carbocycles. The Morgan fingerprint density at radius 2 is 1.66 bits per heavy atom. The molecule has 2 aliphatic rings. The van der Waals surface area contributed by atoms with Crippen LogP contribution in [-0.4, -0.2) is 63.7 Å². The van der Waals surface area contributed by atoms with Gasteiger partial charge in [-0.3, -0.25) is 14.5 Å². The first kappa shape index (κ1) is 32.1. The Morgan fingerprint density at radius 3 is 2.40 bits per heavy atom. The summed E-state index contributed by atoms with van der Waals surface area (Å²) in [5, 5.41) is 16.5. The highest BCUT2D eigenvalue weighted by Crippen LogP contribution is 2.32. The number of nitrogens with one attached hydrogen (secondary N) is 1. The number of rotatable bonds is 8. The summed E-state index contributed by atoms with van der Waals surface area (Å²) in [6, 6.07) is 24.9. The molecule has 0 aromatic heterocycles. The van der Waals surface area contributed by atoms with E-state index in [1.54, 1.807) is 42.7 Å². The molecule has 2 aliphatic heterocycles. The van der Waals surface area contributed by atoms with Crippen LogP contribution in [0.15, 0.2) is 78.9 Å². The molecule has 2 N–H and O–H groups in total. The molecule has 244 valence electrons. The number of carbonyl (C=O) groups is 3. The second-order valence-corrected chi connectivity index (χ2v) is 13.2. The molecule has 2 heterocycles. The number of nitrogens with zero attached hydrogens (tertiary/aromatic N) is 2. The molecule has 0 saturated carbocycles. The highest BCUT2D eigenvalue weighted by Gasteiger charge is 2.37. The van der Waals surface area contributed by atoms with Crippen LogP contribution >= 0.6 is 0 Å². The molecule has 0 saturated heterocycles. The minimum absolute atomic E-state index is 0.0966. The molecule has 9 nitrogen and oxygen atoms in total. The van der Waals surface area contributed by atoms with Crippen LogP contribution in [0.2, 0.25) is 0 Å². The maximum absolute atomic E-state index is 13.6. The van der Waals surface area contributed by atoms with Crippen LogP contribution in [0.5, 0.6) is 5.75 Å². The summed E-state index contributed by atoms with van der Waals surface area (Å²) in [6.45, 7) is 8.54. The number of hydrogen-bond acceptors (Lipinski definition) is 6. The fourth-order valence-corrected chi connectivity index (χ4v) is 6.38. The zero-order chi connectivity index (χ0) is 33.3. The summed E-state index contributed by atoms with van der Waals surface area (Å²) in [7, 11) is 0. The van der Waals surface area contributed by atoms with Crippen molar-refractivity contribution in [2.75, 3.05) is 13.2 Å². The molecule has 9 heteroatoms. The quantitative estimate of drug-likeness (QED) is 0.252. The molecule has 0 unspecified atom stereocenters. The van der Waals surface area contributed by atoms with E-state index in [0.717, 1.165) is 33.0 Å². The van der Waals surface area contributed by atoms with Gasteiger partial charge < -0.3 is 24.8 Å². The van der Waals surface area contributed by atoms with Gasteiger partial charge in [0.25, 0.3) is 11.8 Å². The summed E-state index contributed by atoms with van der Waals surface area (Å²) < 4.78 is 11.5. The van der Waals surface area contributed by atoms with Crippen LogP contribution in [0.25, 0.3) is 10.8 Å². The third kappa shape index (κ3) is 6.95. The Kier molecular flexibility index (Phi) is 8.92. The van der Waals surface area contributed by atoms with Gasteiger partial charge in [0.2, 0.25) is 0 Å². The number of carbonyl (C=O) groups excluding carboxylic acids is 3. The van der Waals surface area contributed by atoms with Gasteiger partial charge in [0.05, 0.1) is 24.3 Å². The molecule has 0 bridgehead atoms. The second-order valence-electron chi connectivity index (χ2n) is 13.2. The standard InChI is InChI=1S/C38H41N3O6/c1-5-46-34-19-30-29(22-40(36(30)44)21-24-14-15-25-10-6-7-11-26(25)16-24)17-31(34)35(43)39-20-33(42)32-18-27-12-8-9-13-28(27)23-41(32)37(45)47-38(2,3)4/h6-17,19,32-33,42H,5,18,20-23H2,1-4H3,(H,39,43)/t32-,33+/m0/s1. The zero-order valence-corrected chi connectivity index (χ0v) is 27.3. The fraction of sp³-hybridized carbons (Fsp3) is 0.342. The molecule has 0 spiro atoms. The molecule has 0 radical (unpaired) electrons. The normalized spacial score (nSPS) is 16.4. The van der Waals surface area contributed by atoms with Crippen LogP contribution in [0.3, 0.4) is 0 Å². The average Bonchev–Trinajstić information content (AvgIpc) is 3.35. The summed E-state index contributed by atoms with van der Waals surface area (Å²) in [5.41, 5.74) is 3.90. The third-order valence-corrected chi connectivity index (χ3v) is 8.65. The van der Waals surface area contributed by atoms with Gasteiger partial charge in [-0.25, -0.2) is 4.79 Å². The molecule has 47 heavy (non-hydrogen) atoms. The van der Waals surface area contributed by atoms with E-state index in [-0.39, 0.29) is 18.0 Å². The lowest BCUT2D eigenvalue weighted by Gasteiger charge is -2.40. The van der Waals surface area contributed by atoms with Crippen molar-refractivity contribution in [1.82, 2.24) is 15.1 Å². The van der Waals surface area contributed by atoms with Crippen LogP contribution in [0, 0.1) is 0 Å².